The summed E-state index contributed by atoms with van der Waals surface area (Å²) in [4.78, 5) is 17.8. The number of rotatable bonds is 2. The summed E-state index contributed by atoms with van der Waals surface area (Å²) in [5, 5.41) is 11.4. The number of halogens is 3. The van der Waals surface area contributed by atoms with Crippen LogP contribution in [0.3, 0.4) is 0 Å². The molecule has 4 rings (SSSR count). The van der Waals surface area contributed by atoms with E-state index < -0.39 is 17.5 Å². The lowest BCUT2D eigenvalue weighted by molar-refractivity contribution is -0.141. The zero-order valence-corrected chi connectivity index (χ0v) is 15.2. The van der Waals surface area contributed by atoms with Gasteiger partial charge in [0.05, 0.1) is 11.2 Å². The molecule has 2 aliphatic rings. The van der Waals surface area contributed by atoms with Crippen LogP contribution in [0.5, 0.6) is 0 Å². The van der Waals surface area contributed by atoms with Gasteiger partial charge in [-0.15, -0.1) is 0 Å². The van der Waals surface area contributed by atoms with Gasteiger partial charge in [0.25, 0.3) is 5.91 Å². The number of alkyl halides is 3. The molecule has 0 spiro atoms. The minimum Gasteiger partial charge on any atom is -0.385 e. The van der Waals surface area contributed by atoms with Crippen LogP contribution in [0, 0.1) is 11.8 Å². The normalized spacial score (nSPS) is 27.5. The largest absolute Gasteiger partial charge is 0.433 e. The fourth-order valence-electron chi connectivity index (χ4n) is 4.65. The lowest BCUT2D eigenvalue weighted by atomic mass is 9.67. The van der Waals surface area contributed by atoms with Gasteiger partial charge in [0.1, 0.15) is 5.69 Å². The van der Waals surface area contributed by atoms with Crippen LogP contribution in [-0.2, 0) is 11.8 Å². The molecular formula is C21H21F3N2O2. The number of carbonyl (C=O) groups excluding carboxylic acids is 1. The van der Waals surface area contributed by atoms with Gasteiger partial charge >= 0.3 is 6.18 Å². The average molecular weight is 390 g/mol. The van der Waals surface area contributed by atoms with Crippen LogP contribution in [-0.4, -0.2) is 34.0 Å². The molecule has 4 nitrogen and oxygen atoms in total. The molecule has 0 radical (unpaired) electrons. The quantitative estimate of drug-likeness (QED) is 0.847. The van der Waals surface area contributed by atoms with Crippen LogP contribution in [0.15, 0.2) is 48.7 Å². The van der Waals surface area contributed by atoms with E-state index >= 15 is 0 Å². The van der Waals surface area contributed by atoms with E-state index in [0.29, 0.717) is 19.5 Å². The van der Waals surface area contributed by atoms with E-state index in [1.54, 1.807) is 4.90 Å². The van der Waals surface area contributed by atoms with Gasteiger partial charge < -0.3 is 10.0 Å². The molecule has 1 aromatic heterocycles. The van der Waals surface area contributed by atoms with Crippen LogP contribution in [0.1, 0.15) is 40.9 Å². The molecule has 0 bridgehead atoms. The van der Waals surface area contributed by atoms with Gasteiger partial charge in [-0.2, -0.15) is 13.2 Å². The Morgan fingerprint density at radius 2 is 1.89 bits per heavy atom. The fourth-order valence-corrected chi connectivity index (χ4v) is 4.65. The molecule has 1 saturated heterocycles. The number of hydrogen-bond acceptors (Lipinski definition) is 3. The monoisotopic (exact) mass is 390 g/mol. The molecule has 1 amide bonds. The zero-order valence-electron chi connectivity index (χ0n) is 15.2. The van der Waals surface area contributed by atoms with Crippen molar-refractivity contribution in [3.63, 3.8) is 0 Å². The fraction of sp³-hybridized carbons (Fsp3) is 0.429. The summed E-state index contributed by atoms with van der Waals surface area (Å²) >= 11 is 0. The molecule has 1 aliphatic carbocycles. The summed E-state index contributed by atoms with van der Waals surface area (Å²) in [5.41, 5.74) is -1.01. The second-order valence-electron chi connectivity index (χ2n) is 7.69. The predicted molar refractivity (Wildman–Crippen MR) is 96.3 cm³/mol. The number of hydrogen-bond donors (Lipinski definition) is 1. The summed E-state index contributed by atoms with van der Waals surface area (Å²) in [6, 6.07) is 11.5. The van der Waals surface area contributed by atoms with Gasteiger partial charge in [0.15, 0.2) is 0 Å². The average Bonchev–Trinajstić information content (AvgIpc) is 3.13. The van der Waals surface area contributed by atoms with E-state index in [2.05, 4.69) is 4.98 Å². The van der Waals surface area contributed by atoms with Gasteiger partial charge in [0.2, 0.25) is 0 Å². The van der Waals surface area contributed by atoms with E-state index in [9.17, 15) is 23.1 Å². The number of likely N-dealkylation sites (tertiary alicyclic amines) is 1. The Morgan fingerprint density at radius 1 is 1.14 bits per heavy atom. The highest BCUT2D eigenvalue weighted by atomic mass is 19.4. The number of fused-ring (bicyclic) bond motifs is 1. The van der Waals surface area contributed by atoms with Gasteiger partial charge in [-0.25, -0.2) is 0 Å². The summed E-state index contributed by atoms with van der Waals surface area (Å²) in [6.07, 6.45) is -1.11. The minimum absolute atomic E-state index is 0.0880. The maximum absolute atomic E-state index is 12.8. The lowest BCUT2D eigenvalue weighted by Crippen LogP contribution is -2.42. The van der Waals surface area contributed by atoms with E-state index in [1.807, 2.05) is 30.3 Å². The standard InChI is InChI=1S/C21H21F3N2O2/c22-21(23,24)18-9-8-14(11-25-18)19(27)26-12-15-5-4-10-20(28,17(15)13-26)16-6-2-1-3-7-16/h1-3,6-9,11,15,17,28H,4-5,10,12-13H2/t15-,17+,20+/m0/s1. The highest BCUT2D eigenvalue weighted by Gasteiger charge is 2.50. The first-order chi connectivity index (χ1) is 13.3. The molecule has 2 aromatic rings. The van der Waals surface area contributed by atoms with Gasteiger partial charge in [-0.3, -0.25) is 9.78 Å². The molecule has 1 N–H and O–H groups in total. The second-order valence-corrected chi connectivity index (χ2v) is 7.69. The highest BCUT2D eigenvalue weighted by molar-refractivity contribution is 5.94. The Kier molecular flexibility index (Phi) is 4.65. The number of amides is 1. The smallest absolute Gasteiger partial charge is 0.385 e. The van der Waals surface area contributed by atoms with Crippen molar-refractivity contribution < 1.29 is 23.1 Å². The van der Waals surface area contributed by atoms with Crippen LogP contribution in [0.2, 0.25) is 0 Å². The third kappa shape index (κ3) is 3.28. The first kappa shape index (κ1) is 18.9. The van der Waals surface area contributed by atoms with Gasteiger partial charge in [-0.1, -0.05) is 30.3 Å². The Balaban J connectivity index is 1.55. The molecule has 3 atom stereocenters. The Bertz CT molecular complexity index is 854. The number of benzene rings is 1. The number of nitrogens with zero attached hydrogens (tertiary/aromatic N) is 2. The number of carbonyl (C=O) groups is 1. The first-order valence-corrected chi connectivity index (χ1v) is 9.39. The molecule has 2 fully saturated rings. The third-order valence-electron chi connectivity index (χ3n) is 6.05. The third-order valence-corrected chi connectivity index (χ3v) is 6.05. The molecule has 0 unspecified atom stereocenters. The van der Waals surface area contributed by atoms with E-state index in [0.717, 1.165) is 30.7 Å². The summed E-state index contributed by atoms with van der Waals surface area (Å²) in [5.74, 6) is -0.258. The number of pyridine rings is 1. The Hall–Kier alpha value is -2.41. The van der Waals surface area contributed by atoms with Crippen molar-refractivity contribution in [3.05, 3.63) is 65.5 Å². The maximum Gasteiger partial charge on any atom is 0.433 e. The van der Waals surface area contributed by atoms with Crippen molar-refractivity contribution in [1.82, 2.24) is 9.88 Å². The Morgan fingerprint density at radius 3 is 2.54 bits per heavy atom. The molecule has 1 aromatic carbocycles. The van der Waals surface area contributed by atoms with Crippen LogP contribution >= 0.6 is 0 Å². The lowest BCUT2D eigenvalue weighted by Gasteiger charge is -2.41. The van der Waals surface area contributed by atoms with Gasteiger partial charge in [-0.05, 0) is 42.9 Å². The molecule has 148 valence electrons. The van der Waals surface area contributed by atoms with E-state index in [1.165, 1.54) is 6.07 Å². The topological polar surface area (TPSA) is 53.4 Å². The van der Waals surface area contributed by atoms with Crippen molar-refractivity contribution in [2.45, 2.75) is 31.0 Å². The van der Waals surface area contributed by atoms with E-state index in [-0.39, 0.29) is 23.3 Å². The van der Waals surface area contributed by atoms with E-state index in [4.69, 9.17) is 0 Å². The molecule has 1 aliphatic heterocycles. The van der Waals surface area contributed by atoms with Gasteiger partial charge in [0, 0.05) is 25.2 Å². The van der Waals surface area contributed by atoms with Crippen molar-refractivity contribution in [2.24, 2.45) is 11.8 Å². The molecule has 1 saturated carbocycles. The Labute approximate surface area is 161 Å². The molecule has 28 heavy (non-hydrogen) atoms. The van der Waals surface area contributed by atoms with Crippen molar-refractivity contribution in [1.29, 1.82) is 0 Å². The van der Waals surface area contributed by atoms with Crippen LogP contribution in [0.25, 0.3) is 0 Å². The summed E-state index contributed by atoms with van der Waals surface area (Å²) < 4.78 is 38.1. The van der Waals surface area contributed by atoms with Crippen LogP contribution < -0.4 is 0 Å². The zero-order chi connectivity index (χ0) is 19.9. The van der Waals surface area contributed by atoms with Crippen molar-refractivity contribution in [3.8, 4) is 0 Å². The van der Waals surface area contributed by atoms with Crippen LogP contribution in [0.4, 0.5) is 13.2 Å². The maximum atomic E-state index is 12.8. The SMILES string of the molecule is O=C(c1ccc(C(F)(F)F)nc1)N1C[C@@H]2CCC[C@@](O)(c3ccccc3)[C@@H]2C1. The first-order valence-electron chi connectivity index (χ1n) is 9.39. The summed E-state index contributed by atoms with van der Waals surface area (Å²) in [6.45, 7) is 0.885. The van der Waals surface area contributed by atoms with Crippen molar-refractivity contribution in [2.75, 3.05) is 13.1 Å². The summed E-state index contributed by atoms with van der Waals surface area (Å²) in [7, 11) is 0. The highest BCUT2D eigenvalue weighted by Crippen LogP contribution is 2.48. The number of aromatic nitrogens is 1. The molecule has 7 heteroatoms. The molecular weight excluding hydrogens is 369 g/mol. The minimum atomic E-state index is -4.53. The molecule has 2 heterocycles. The number of aliphatic hydroxyl groups is 1. The second kappa shape index (κ2) is 6.88. The van der Waals surface area contributed by atoms with Crippen molar-refractivity contribution >= 4 is 5.91 Å². The predicted octanol–water partition coefficient (Wildman–Crippen LogP) is 3.86.